The van der Waals surface area contributed by atoms with E-state index in [-0.39, 0.29) is 17.3 Å². The molecule has 2 bridgehead atoms. The molecule has 28 heavy (non-hydrogen) atoms. The van der Waals surface area contributed by atoms with E-state index in [1.54, 1.807) is 33.1 Å². The molecule has 3 aliphatic rings. The van der Waals surface area contributed by atoms with Crippen molar-refractivity contribution in [2.24, 2.45) is 5.92 Å². The fourth-order valence-corrected chi connectivity index (χ4v) is 4.14. The molecule has 1 fully saturated rings. The summed E-state index contributed by atoms with van der Waals surface area (Å²) >= 11 is 0. The molecule has 0 aromatic heterocycles. The third-order valence-electron chi connectivity index (χ3n) is 6.00. The second-order valence-electron chi connectivity index (χ2n) is 7.88. The lowest BCUT2D eigenvalue weighted by molar-refractivity contribution is -0.255. The molecule has 0 amide bonds. The van der Waals surface area contributed by atoms with Crippen molar-refractivity contribution in [1.82, 2.24) is 0 Å². The topological polar surface area (TPSA) is 91.3 Å². The number of allylic oxidation sites excluding steroid dienone is 1. The van der Waals surface area contributed by atoms with Gasteiger partial charge in [0.2, 0.25) is 0 Å². The number of rotatable bonds is 4. The van der Waals surface area contributed by atoms with Crippen LogP contribution in [0.3, 0.4) is 0 Å². The van der Waals surface area contributed by atoms with Gasteiger partial charge in [0.15, 0.2) is 5.79 Å². The first-order valence-electron chi connectivity index (χ1n) is 9.57. The molecule has 7 nitrogen and oxygen atoms in total. The molecule has 3 aliphatic heterocycles. The van der Waals surface area contributed by atoms with Gasteiger partial charge in [-0.05, 0) is 39.7 Å². The highest BCUT2D eigenvalue weighted by Crippen LogP contribution is 2.49. The average Bonchev–Trinajstić information content (AvgIpc) is 3.17. The number of carbonyl (C=O) groups is 2. The molecule has 0 aliphatic carbocycles. The first-order chi connectivity index (χ1) is 13.2. The molecule has 3 rings (SSSR count). The number of aliphatic hydroxyl groups is 1. The van der Waals surface area contributed by atoms with E-state index in [0.29, 0.717) is 30.4 Å². The molecule has 0 radical (unpaired) electrons. The molecule has 7 heteroatoms. The molecule has 4 atom stereocenters. The van der Waals surface area contributed by atoms with Crippen molar-refractivity contribution in [3.63, 3.8) is 0 Å². The van der Waals surface area contributed by atoms with Crippen LogP contribution >= 0.6 is 0 Å². The van der Waals surface area contributed by atoms with Gasteiger partial charge in [-0.15, -0.1) is 0 Å². The van der Waals surface area contributed by atoms with Crippen LogP contribution in [0, 0.1) is 5.92 Å². The Labute approximate surface area is 165 Å². The van der Waals surface area contributed by atoms with Crippen LogP contribution in [0.1, 0.15) is 47.0 Å². The van der Waals surface area contributed by atoms with Gasteiger partial charge < -0.3 is 24.1 Å². The van der Waals surface area contributed by atoms with Gasteiger partial charge in [-0.3, -0.25) is 0 Å². The highest BCUT2D eigenvalue weighted by atomic mass is 16.7. The Hall–Kier alpha value is -1.96. The number of esters is 2. The smallest absolute Gasteiger partial charge is 0.342 e. The third kappa shape index (κ3) is 3.43. The van der Waals surface area contributed by atoms with Crippen molar-refractivity contribution in [1.29, 1.82) is 0 Å². The summed E-state index contributed by atoms with van der Waals surface area (Å²) in [4.78, 5) is 24.8. The zero-order chi connectivity index (χ0) is 20.7. The molecular weight excluding hydrogens is 364 g/mol. The number of fused-ring (bicyclic) bond motifs is 3. The largest absolute Gasteiger partial charge is 0.454 e. The van der Waals surface area contributed by atoms with Crippen molar-refractivity contribution in [3.8, 4) is 0 Å². The quantitative estimate of drug-likeness (QED) is 0.581. The van der Waals surface area contributed by atoms with Gasteiger partial charge in [0.1, 0.15) is 11.9 Å². The Morgan fingerprint density at radius 2 is 2.14 bits per heavy atom. The zero-order valence-corrected chi connectivity index (χ0v) is 17.0. The predicted octanol–water partition coefficient (Wildman–Crippen LogP) is 2.55. The molecule has 0 unspecified atom stereocenters. The molecule has 0 aromatic carbocycles. The summed E-state index contributed by atoms with van der Waals surface area (Å²) in [5.74, 6) is -1.78. The van der Waals surface area contributed by atoms with Crippen molar-refractivity contribution in [2.75, 3.05) is 13.7 Å². The molecule has 1 N–H and O–H groups in total. The number of carbonyl (C=O) groups excluding carboxylic acids is 2. The Morgan fingerprint density at radius 1 is 1.43 bits per heavy atom. The number of methoxy groups -OCH3 is 1. The van der Waals surface area contributed by atoms with Crippen molar-refractivity contribution in [2.45, 2.75) is 64.4 Å². The summed E-state index contributed by atoms with van der Waals surface area (Å²) in [7, 11) is 1.61. The van der Waals surface area contributed by atoms with E-state index < -0.39 is 36.0 Å². The fourth-order valence-electron chi connectivity index (χ4n) is 4.14. The van der Waals surface area contributed by atoms with E-state index in [1.165, 1.54) is 0 Å². The van der Waals surface area contributed by atoms with E-state index in [1.807, 2.05) is 13.8 Å². The molecule has 0 aromatic rings. The maximum atomic E-state index is 12.5. The minimum atomic E-state index is -0.825. The van der Waals surface area contributed by atoms with Gasteiger partial charge >= 0.3 is 11.9 Å². The van der Waals surface area contributed by atoms with Gasteiger partial charge in [0.05, 0.1) is 17.8 Å². The lowest BCUT2D eigenvalue weighted by atomic mass is 9.85. The minimum absolute atomic E-state index is 0.113. The molecule has 154 valence electrons. The number of hydrogen-bond acceptors (Lipinski definition) is 7. The fraction of sp³-hybridized carbons (Fsp3) is 0.619. The Morgan fingerprint density at radius 3 is 2.75 bits per heavy atom. The van der Waals surface area contributed by atoms with Crippen LogP contribution in [-0.2, 0) is 28.5 Å². The van der Waals surface area contributed by atoms with Crippen LogP contribution in [0.5, 0.6) is 0 Å². The van der Waals surface area contributed by atoms with E-state index >= 15 is 0 Å². The predicted molar refractivity (Wildman–Crippen MR) is 99.8 cm³/mol. The highest BCUT2D eigenvalue weighted by molar-refractivity contribution is 5.95. The standard InChI is InChI=1S/C21H28O7/c1-6-12(2)18(23)26-15-9-13(3)21(25-5)8-7-20(4,28-21)10-16-17(15)14(11-22)19(24)27-16/h6,10,13,15,22H,7-9,11H2,1-5H3/t13-,15+,20-,21+/m1/s1. The normalized spacial score (nSPS) is 35.6. The van der Waals surface area contributed by atoms with Crippen LogP contribution in [-0.4, -0.2) is 48.3 Å². The van der Waals surface area contributed by atoms with E-state index in [4.69, 9.17) is 18.9 Å². The highest BCUT2D eigenvalue weighted by Gasteiger charge is 2.53. The van der Waals surface area contributed by atoms with Crippen LogP contribution in [0.4, 0.5) is 0 Å². The summed E-state index contributed by atoms with van der Waals surface area (Å²) < 4.78 is 23.3. The zero-order valence-electron chi connectivity index (χ0n) is 17.0. The molecular formula is C21H28O7. The molecule has 0 saturated carbocycles. The van der Waals surface area contributed by atoms with Crippen molar-refractivity contribution in [3.05, 3.63) is 34.6 Å². The first kappa shape index (κ1) is 20.8. The summed E-state index contributed by atoms with van der Waals surface area (Å²) in [6.45, 7) is 6.80. The van der Waals surface area contributed by atoms with Crippen molar-refractivity contribution >= 4 is 11.9 Å². The van der Waals surface area contributed by atoms with Crippen LogP contribution < -0.4 is 0 Å². The molecule has 0 spiro atoms. The third-order valence-corrected chi connectivity index (χ3v) is 6.00. The SMILES string of the molecule is CC=C(C)C(=O)O[C@H]1C[C@@H](C)[C@]2(OC)CC[C@](C)(C=C3OC(=O)C(CO)=C31)O2. The summed E-state index contributed by atoms with van der Waals surface area (Å²) in [6, 6.07) is 0. The summed E-state index contributed by atoms with van der Waals surface area (Å²) in [5, 5.41) is 9.78. The second-order valence-corrected chi connectivity index (χ2v) is 7.88. The lowest BCUT2D eigenvalue weighted by Gasteiger charge is -2.36. The van der Waals surface area contributed by atoms with Crippen LogP contribution in [0.2, 0.25) is 0 Å². The van der Waals surface area contributed by atoms with Gasteiger partial charge in [0.25, 0.3) is 0 Å². The van der Waals surface area contributed by atoms with Gasteiger partial charge in [-0.25, -0.2) is 9.59 Å². The average molecular weight is 392 g/mol. The van der Waals surface area contributed by atoms with Gasteiger partial charge in [-0.1, -0.05) is 13.0 Å². The summed E-state index contributed by atoms with van der Waals surface area (Å²) in [5.41, 5.74) is 0.289. The first-order valence-corrected chi connectivity index (χ1v) is 9.57. The monoisotopic (exact) mass is 392 g/mol. The summed E-state index contributed by atoms with van der Waals surface area (Å²) in [6.07, 6.45) is 4.36. The van der Waals surface area contributed by atoms with Crippen LogP contribution in [0.15, 0.2) is 34.6 Å². The molecule has 1 saturated heterocycles. The lowest BCUT2D eigenvalue weighted by Crippen LogP contribution is -2.42. The molecule has 3 heterocycles. The van der Waals surface area contributed by atoms with E-state index in [2.05, 4.69) is 0 Å². The number of hydrogen-bond donors (Lipinski definition) is 1. The van der Waals surface area contributed by atoms with Gasteiger partial charge in [0, 0.05) is 30.6 Å². The maximum Gasteiger partial charge on any atom is 0.342 e. The van der Waals surface area contributed by atoms with E-state index in [0.717, 1.165) is 0 Å². The Kier molecular flexibility index (Phi) is 5.53. The maximum absolute atomic E-state index is 12.5. The number of ether oxygens (including phenoxy) is 4. The van der Waals surface area contributed by atoms with Crippen molar-refractivity contribution < 1.29 is 33.6 Å². The van der Waals surface area contributed by atoms with Crippen LogP contribution in [0.25, 0.3) is 0 Å². The number of aliphatic hydroxyl groups excluding tert-OH is 1. The minimum Gasteiger partial charge on any atom is -0.454 e. The Bertz CT molecular complexity index is 778. The van der Waals surface area contributed by atoms with Gasteiger partial charge in [-0.2, -0.15) is 0 Å². The Balaban J connectivity index is 2.12. The second kappa shape index (κ2) is 7.46. The van der Waals surface area contributed by atoms with E-state index in [9.17, 15) is 14.7 Å².